The number of methoxy groups -OCH3 is 1. The molecule has 0 unspecified atom stereocenters. The van der Waals surface area contributed by atoms with Crippen molar-refractivity contribution in [3.05, 3.63) is 0 Å². The zero-order valence-corrected chi connectivity index (χ0v) is 37.8. The molecule has 334 valence electrons. The molecule has 0 aromatic rings. The fourth-order valence-electron chi connectivity index (χ4n) is 10.8. The van der Waals surface area contributed by atoms with Crippen LogP contribution in [0.1, 0.15) is 93.4 Å². The summed E-state index contributed by atoms with van der Waals surface area (Å²) in [5.41, 5.74) is -3.00. The molecule has 0 bridgehead atoms. The maximum absolute atomic E-state index is 14.6. The average molecular weight is 824 g/mol. The molecule has 0 aromatic carbocycles. The lowest BCUT2D eigenvalue weighted by Gasteiger charge is -2.59. The van der Waals surface area contributed by atoms with Crippen molar-refractivity contribution in [2.75, 3.05) is 75.1 Å². The number of likely N-dealkylation sites (N-methyl/N-ethyl adjacent to an activating group) is 2. The fourth-order valence-corrected chi connectivity index (χ4v) is 10.8. The van der Waals surface area contributed by atoms with Crippen molar-refractivity contribution >= 4 is 17.7 Å². The van der Waals surface area contributed by atoms with Crippen LogP contribution >= 0.6 is 0 Å². The normalized spacial score (nSPS) is 42.8. The number of ether oxygens (including phenoxy) is 6. The van der Waals surface area contributed by atoms with E-state index in [9.17, 15) is 19.5 Å². The molecule has 0 radical (unpaired) electrons. The lowest BCUT2D eigenvalue weighted by Crippen LogP contribution is -2.72. The third-order valence-corrected chi connectivity index (χ3v) is 14.1. The van der Waals surface area contributed by atoms with E-state index >= 15 is 0 Å². The number of amides is 3. The number of hydrogen-bond acceptors (Lipinski definition) is 12. The minimum atomic E-state index is -1.45. The van der Waals surface area contributed by atoms with Crippen LogP contribution in [0.2, 0.25) is 0 Å². The third kappa shape index (κ3) is 10.0. The predicted molar refractivity (Wildman–Crippen MR) is 219 cm³/mol. The van der Waals surface area contributed by atoms with Crippen molar-refractivity contribution in [1.29, 1.82) is 0 Å². The Morgan fingerprint density at radius 3 is 2.38 bits per heavy atom. The molecule has 5 saturated heterocycles. The molecular weight excluding hydrogens is 746 g/mol. The van der Waals surface area contributed by atoms with E-state index in [4.69, 9.17) is 28.4 Å². The van der Waals surface area contributed by atoms with Crippen LogP contribution in [0.4, 0.5) is 0 Å². The summed E-state index contributed by atoms with van der Waals surface area (Å²) in [6.07, 6.45) is -0.903. The Bertz CT molecular complexity index is 1420. The Balaban J connectivity index is 1.58. The number of carbonyl (C=O) groups excluding carboxylic acids is 3. The summed E-state index contributed by atoms with van der Waals surface area (Å²) in [5.74, 6) is -1.45. The number of hydrogen-bond donors (Lipinski definition) is 2. The van der Waals surface area contributed by atoms with Crippen molar-refractivity contribution in [3.63, 3.8) is 0 Å². The van der Waals surface area contributed by atoms with Gasteiger partial charge in [0, 0.05) is 64.7 Å². The fraction of sp³-hybridized carbons (Fsp3) is 0.930. The van der Waals surface area contributed by atoms with Crippen LogP contribution in [0.3, 0.4) is 0 Å². The van der Waals surface area contributed by atoms with E-state index in [2.05, 4.69) is 24.1 Å². The molecule has 0 saturated carbocycles. The topological polar surface area (TPSA) is 152 Å². The van der Waals surface area contributed by atoms with E-state index in [0.29, 0.717) is 71.3 Å². The Morgan fingerprint density at radius 2 is 1.72 bits per heavy atom. The van der Waals surface area contributed by atoms with Crippen molar-refractivity contribution in [3.8, 4) is 0 Å². The van der Waals surface area contributed by atoms with Crippen LogP contribution in [0.25, 0.3) is 0 Å². The van der Waals surface area contributed by atoms with Crippen LogP contribution < -0.4 is 5.32 Å². The molecule has 15 heteroatoms. The number of nitrogens with zero attached hydrogens (tertiary/aromatic N) is 4. The molecule has 1 spiro atoms. The first kappa shape index (κ1) is 47.1. The number of aliphatic hydroxyl groups is 1. The minimum Gasteiger partial charge on any atom is -0.387 e. The van der Waals surface area contributed by atoms with E-state index in [0.717, 1.165) is 0 Å². The van der Waals surface area contributed by atoms with Gasteiger partial charge < -0.3 is 58.4 Å². The Morgan fingerprint density at radius 1 is 1.02 bits per heavy atom. The summed E-state index contributed by atoms with van der Waals surface area (Å²) in [5, 5.41) is 16.0. The van der Waals surface area contributed by atoms with Gasteiger partial charge in [-0.2, -0.15) is 0 Å². The molecular formula is C43H77N5O10. The molecule has 5 aliphatic rings. The van der Waals surface area contributed by atoms with Gasteiger partial charge in [-0.3, -0.25) is 14.4 Å². The SMILES string of the molecule is CO[C@]1(C)C[C@H](O[C@H]2[C@H]3[C@@H](O[C@@H]4O[C@H](C)C[C@H](N(C)C)[C@H]4OCCCNC(=O)CN(C)C)[C@](C)(O)C[C@@H](C)CN(C)C(=O)C[C@@]34CCCN4C(=O)[C@@H]2C)O[C@@H](C)[C@@H]1C. The van der Waals surface area contributed by atoms with E-state index in [1.807, 2.05) is 79.7 Å². The van der Waals surface area contributed by atoms with Gasteiger partial charge in [-0.25, -0.2) is 0 Å². The number of piperidine rings is 1. The molecule has 0 aromatic heterocycles. The Labute approximate surface area is 348 Å². The highest BCUT2D eigenvalue weighted by molar-refractivity contribution is 5.84. The van der Waals surface area contributed by atoms with Gasteiger partial charge in [0.25, 0.3) is 0 Å². The Kier molecular flexibility index (Phi) is 15.4. The highest BCUT2D eigenvalue weighted by Crippen LogP contribution is 2.53. The second-order valence-corrected chi connectivity index (χ2v) is 19.4. The molecule has 5 aliphatic heterocycles. The van der Waals surface area contributed by atoms with Crippen LogP contribution in [0.5, 0.6) is 0 Å². The van der Waals surface area contributed by atoms with Crippen LogP contribution in [0, 0.1) is 23.7 Å². The zero-order valence-electron chi connectivity index (χ0n) is 37.8. The smallest absolute Gasteiger partial charge is 0.234 e. The number of carbonyl (C=O) groups is 3. The Hall–Kier alpha value is -1.95. The van der Waals surface area contributed by atoms with Crippen LogP contribution in [0.15, 0.2) is 0 Å². The first-order chi connectivity index (χ1) is 27.1. The highest BCUT2D eigenvalue weighted by atomic mass is 16.7. The summed E-state index contributed by atoms with van der Waals surface area (Å²) in [7, 11) is 11.3. The molecule has 3 amide bonds. The standard InChI is InChI=1S/C43H77N5O10/c1-26-21-41(6,52)38(58-40-37(31(46(10)11)20-27(2)55-40)54-19-15-17-44-32(49)25-45(8)9)35-36(57-34-23-42(7,53-13)29(4)30(5)56-34)28(3)39(51)48-18-14-16-43(35,48)22-33(50)47(12)24-26/h26-31,34-38,40,52H,14-25H2,1-13H3,(H,44,49)/t26-,27-,28-,29+,30+,31+,34+,35+,36-,37-,38-,40+,41-,42-,43+/m1/s1. The molecule has 5 rings (SSSR count). The first-order valence-corrected chi connectivity index (χ1v) is 21.8. The van der Waals surface area contributed by atoms with Crippen LogP contribution in [-0.2, 0) is 42.8 Å². The highest BCUT2D eigenvalue weighted by Gasteiger charge is 2.66. The predicted octanol–water partition coefficient (Wildman–Crippen LogP) is 2.72. The molecule has 15 atom stereocenters. The minimum absolute atomic E-state index is 0.0503. The van der Waals surface area contributed by atoms with Gasteiger partial charge in [0.1, 0.15) is 6.10 Å². The average Bonchev–Trinajstić information content (AvgIpc) is 3.55. The van der Waals surface area contributed by atoms with E-state index in [-0.39, 0.29) is 54.2 Å². The second kappa shape index (κ2) is 19.0. The molecule has 58 heavy (non-hydrogen) atoms. The van der Waals surface area contributed by atoms with Gasteiger partial charge in [-0.1, -0.05) is 20.8 Å². The van der Waals surface area contributed by atoms with Crippen molar-refractivity contribution in [2.24, 2.45) is 23.7 Å². The first-order valence-electron chi connectivity index (χ1n) is 21.8. The zero-order chi connectivity index (χ0) is 42.9. The van der Waals surface area contributed by atoms with E-state index in [1.165, 1.54) is 0 Å². The summed E-state index contributed by atoms with van der Waals surface area (Å²) in [4.78, 5) is 48.9. The lowest BCUT2D eigenvalue weighted by molar-refractivity contribution is -0.330. The van der Waals surface area contributed by atoms with Gasteiger partial charge in [-0.15, -0.1) is 0 Å². The second-order valence-electron chi connectivity index (χ2n) is 19.4. The molecule has 0 aliphatic carbocycles. The van der Waals surface area contributed by atoms with Crippen LogP contribution in [-0.4, -0.2) is 183 Å². The molecule has 15 nitrogen and oxygen atoms in total. The van der Waals surface area contributed by atoms with Gasteiger partial charge in [0.15, 0.2) is 12.6 Å². The van der Waals surface area contributed by atoms with Crippen molar-refractivity contribution in [2.45, 2.75) is 159 Å². The van der Waals surface area contributed by atoms with Crippen molar-refractivity contribution in [1.82, 2.24) is 24.9 Å². The largest absolute Gasteiger partial charge is 0.387 e. The quantitative estimate of drug-likeness (QED) is 0.263. The van der Waals surface area contributed by atoms with Gasteiger partial charge >= 0.3 is 0 Å². The van der Waals surface area contributed by atoms with E-state index in [1.54, 1.807) is 12.0 Å². The summed E-state index contributed by atoms with van der Waals surface area (Å²) < 4.78 is 40.5. The summed E-state index contributed by atoms with van der Waals surface area (Å²) in [6.45, 7) is 16.1. The maximum atomic E-state index is 14.6. The number of rotatable bonds is 13. The lowest BCUT2D eigenvalue weighted by atomic mass is 9.62. The van der Waals surface area contributed by atoms with Gasteiger partial charge in [0.05, 0.1) is 60.0 Å². The number of nitrogens with one attached hydrogen (secondary N) is 1. The molecule has 5 heterocycles. The summed E-state index contributed by atoms with van der Waals surface area (Å²) in [6, 6.07) is -0.0857. The van der Waals surface area contributed by atoms with Crippen molar-refractivity contribution < 1.29 is 47.9 Å². The third-order valence-electron chi connectivity index (χ3n) is 14.1. The maximum Gasteiger partial charge on any atom is 0.234 e. The van der Waals surface area contributed by atoms with Gasteiger partial charge in [-0.05, 0) is 93.9 Å². The summed E-state index contributed by atoms with van der Waals surface area (Å²) >= 11 is 0. The molecule has 5 fully saturated rings. The van der Waals surface area contributed by atoms with Gasteiger partial charge in [0.2, 0.25) is 17.7 Å². The van der Waals surface area contributed by atoms with E-state index < -0.39 is 59.5 Å². The molecule has 2 N–H and O–H groups in total. The monoisotopic (exact) mass is 824 g/mol.